The third kappa shape index (κ3) is 2.35. The topological polar surface area (TPSA) is 61.8 Å². The van der Waals surface area contributed by atoms with Gasteiger partial charge in [0.05, 0.1) is 17.6 Å². The first kappa shape index (κ1) is 16.8. The molecule has 0 aromatic heterocycles. The second-order valence-corrected chi connectivity index (χ2v) is 8.45. The third-order valence-electron chi connectivity index (χ3n) is 7.56. The lowest BCUT2D eigenvalue weighted by molar-refractivity contribution is -0.211. The van der Waals surface area contributed by atoms with Crippen molar-refractivity contribution in [3.05, 3.63) is 0 Å². The number of amides is 1. The first-order valence-electron chi connectivity index (χ1n) is 9.92. The van der Waals surface area contributed by atoms with Gasteiger partial charge in [0.2, 0.25) is 5.91 Å². The van der Waals surface area contributed by atoms with Crippen LogP contribution in [0, 0.1) is 16.7 Å². The zero-order chi connectivity index (χ0) is 16.8. The van der Waals surface area contributed by atoms with Crippen molar-refractivity contribution >= 4 is 5.91 Å². The summed E-state index contributed by atoms with van der Waals surface area (Å²) < 4.78 is 5.85. The number of nitrogens with one attached hydrogen (secondary N) is 1. The molecule has 2 aliphatic carbocycles. The Labute approximate surface area is 145 Å². The van der Waals surface area contributed by atoms with Crippen LogP contribution in [-0.2, 0) is 9.53 Å². The summed E-state index contributed by atoms with van der Waals surface area (Å²) >= 11 is 0. The molecule has 0 aromatic rings. The maximum absolute atomic E-state index is 13.4. The average molecular weight is 336 g/mol. The molecule has 2 aliphatic heterocycles. The van der Waals surface area contributed by atoms with Crippen LogP contribution in [0.1, 0.15) is 51.9 Å². The highest BCUT2D eigenvalue weighted by Gasteiger charge is 2.58. The van der Waals surface area contributed by atoms with Gasteiger partial charge in [-0.15, -0.1) is 0 Å². The number of aliphatic hydroxyl groups is 1. The van der Waals surface area contributed by atoms with Gasteiger partial charge in [-0.1, -0.05) is 12.8 Å². The number of carbonyl (C=O) groups is 1. The summed E-state index contributed by atoms with van der Waals surface area (Å²) in [7, 11) is 0. The standard InChI is InChI=1S/C19H32N2O3/c1-2-24-16-11-15(22)18(16)7-9-21(10-8-18)17(23)19-6-4-3-5-14(19)12-20-13-19/h14-16,20,22H,2-13H2,1H3/t14-,15?,16?,19+/m0/s1. The van der Waals surface area contributed by atoms with E-state index in [1.807, 2.05) is 6.92 Å². The van der Waals surface area contributed by atoms with Gasteiger partial charge in [0.1, 0.15) is 0 Å². The highest BCUT2D eigenvalue weighted by molar-refractivity contribution is 5.84. The summed E-state index contributed by atoms with van der Waals surface area (Å²) in [6.45, 7) is 6.17. The summed E-state index contributed by atoms with van der Waals surface area (Å²) in [5, 5.41) is 13.8. The molecule has 2 unspecified atom stereocenters. The van der Waals surface area contributed by atoms with Crippen molar-refractivity contribution in [1.82, 2.24) is 10.2 Å². The van der Waals surface area contributed by atoms with Crippen LogP contribution in [-0.4, -0.2) is 60.9 Å². The molecule has 0 radical (unpaired) electrons. The number of rotatable bonds is 3. The number of hydrogen-bond donors (Lipinski definition) is 2. The maximum Gasteiger partial charge on any atom is 0.230 e. The van der Waals surface area contributed by atoms with Crippen molar-refractivity contribution in [2.24, 2.45) is 16.7 Å². The summed E-state index contributed by atoms with van der Waals surface area (Å²) in [5.74, 6) is 0.911. The minimum Gasteiger partial charge on any atom is -0.392 e. The van der Waals surface area contributed by atoms with Gasteiger partial charge in [-0.2, -0.15) is 0 Å². The molecule has 1 spiro atoms. The normalized spacial score (nSPS) is 41.1. The van der Waals surface area contributed by atoms with E-state index in [1.165, 1.54) is 19.3 Å². The van der Waals surface area contributed by atoms with Crippen molar-refractivity contribution in [3.8, 4) is 0 Å². The number of aliphatic hydroxyl groups excluding tert-OH is 1. The van der Waals surface area contributed by atoms with Gasteiger partial charge in [-0.25, -0.2) is 0 Å². The SMILES string of the molecule is CCOC1CC(O)C12CCN(C(=O)[C@@]13CCCC[C@H]1CNC3)CC2. The Morgan fingerprint density at radius 2 is 2.08 bits per heavy atom. The van der Waals surface area contributed by atoms with E-state index in [-0.39, 0.29) is 23.0 Å². The van der Waals surface area contributed by atoms with Gasteiger partial charge >= 0.3 is 0 Å². The molecule has 2 N–H and O–H groups in total. The predicted octanol–water partition coefficient (Wildman–Crippen LogP) is 1.54. The molecular formula is C19H32N2O3. The van der Waals surface area contributed by atoms with E-state index in [2.05, 4.69) is 10.2 Å². The van der Waals surface area contributed by atoms with Crippen LogP contribution in [0.2, 0.25) is 0 Å². The molecule has 2 saturated heterocycles. The number of carbonyl (C=O) groups excluding carboxylic acids is 1. The van der Waals surface area contributed by atoms with Crippen molar-refractivity contribution in [1.29, 1.82) is 0 Å². The van der Waals surface area contributed by atoms with Crippen molar-refractivity contribution < 1.29 is 14.6 Å². The predicted molar refractivity (Wildman–Crippen MR) is 91.5 cm³/mol. The molecule has 1 amide bonds. The number of hydrogen-bond acceptors (Lipinski definition) is 4. The second-order valence-electron chi connectivity index (χ2n) is 8.45. The van der Waals surface area contributed by atoms with Gasteiger partial charge in [0.25, 0.3) is 0 Å². The smallest absolute Gasteiger partial charge is 0.230 e. The molecule has 24 heavy (non-hydrogen) atoms. The Bertz CT molecular complexity index is 487. The Kier molecular flexibility index (Phi) is 4.38. The maximum atomic E-state index is 13.4. The average Bonchev–Trinajstić information content (AvgIpc) is 3.06. The minimum absolute atomic E-state index is 0.0929. The fourth-order valence-electron chi connectivity index (χ4n) is 5.93. The first-order chi connectivity index (χ1) is 11.6. The minimum atomic E-state index is -0.250. The summed E-state index contributed by atoms with van der Waals surface area (Å²) in [6.07, 6.45) is 7.18. The summed E-state index contributed by atoms with van der Waals surface area (Å²) in [6, 6.07) is 0. The number of likely N-dealkylation sites (tertiary alicyclic amines) is 1. The van der Waals surface area contributed by atoms with Gasteiger partial charge in [0.15, 0.2) is 0 Å². The van der Waals surface area contributed by atoms with Gasteiger partial charge in [-0.3, -0.25) is 4.79 Å². The third-order valence-corrected chi connectivity index (χ3v) is 7.56. The fourth-order valence-corrected chi connectivity index (χ4v) is 5.93. The molecule has 136 valence electrons. The van der Waals surface area contributed by atoms with Crippen molar-refractivity contribution in [3.63, 3.8) is 0 Å². The number of ether oxygens (including phenoxy) is 1. The Morgan fingerprint density at radius 3 is 2.79 bits per heavy atom. The highest BCUT2D eigenvalue weighted by atomic mass is 16.5. The number of nitrogens with zero attached hydrogens (tertiary/aromatic N) is 1. The Hall–Kier alpha value is -0.650. The van der Waals surface area contributed by atoms with E-state index in [0.717, 1.165) is 51.9 Å². The number of piperidine rings is 1. The van der Waals surface area contributed by atoms with E-state index >= 15 is 0 Å². The second kappa shape index (κ2) is 6.26. The summed E-state index contributed by atoms with van der Waals surface area (Å²) in [5.41, 5.74) is -0.231. The molecule has 5 nitrogen and oxygen atoms in total. The van der Waals surface area contributed by atoms with Crippen LogP contribution >= 0.6 is 0 Å². The van der Waals surface area contributed by atoms with E-state index in [4.69, 9.17) is 4.74 Å². The molecule has 2 saturated carbocycles. The lowest BCUT2D eigenvalue weighted by Crippen LogP contribution is -2.63. The van der Waals surface area contributed by atoms with Crippen molar-refractivity contribution in [2.45, 2.75) is 64.1 Å². The molecular weight excluding hydrogens is 304 g/mol. The molecule has 0 aromatic carbocycles. The van der Waals surface area contributed by atoms with E-state index < -0.39 is 0 Å². The van der Waals surface area contributed by atoms with Crippen LogP contribution in [0.3, 0.4) is 0 Å². The Balaban J connectivity index is 1.43. The molecule has 4 rings (SSSR count). The number of fused-ring (bicyclic) bond motifs is 1. The van der Waals surface area contributed by atoms with Crippen molar-refractivity contribution in [2.75, 3.05) is 32.8 Å². The molecule has 0 bridgehead atoms. The van der Waals surface area contributed by atoms with E-state index in [0.29, 0.717) is 18.4 Å². The largest absolute Gasteiger partial charge is 0.392 e. The van der Waals surface area contributed by atoms with Crippen LogP contribution in [0.25, 0.3) is 0 Å². The van der Waals surface area contributed by atoms with Gasteiger partial charge in [0, 0.05) is 38.1 Å². The van der Waals surface area contributed by atoms with E-state index in [1.54, 1.807) is 0 Å². The fraction of sp³-hybridized carbons (Fsp3) is 0.947. The molecule has 4 aliphatic rings. The molecule has 2 heterocycles. The van der Waals surface area contributed by atoms with Gasteiger partial charge < -0.3 is 20.1 Å². The van der Waals surface area contributed by atoms with Crippen LogP contribution in [0.4, 0.5) is 0 Å². The molecule has 5 heteroatoms. The monoisotopic (exact) mass is 336 g/mol. The van der Waals surface area contributed by atoms with Crippen LogP contribution in [0.15, 0.2) is 0 Å². The lowest BCUT2D eigenvalue weighted by Gasteiger charge is -2.57. The summed E-state index contributed by atoms with van der Waals surface area (Å²) in [4.78, 5) is 15.5. The zero-order valence-electron chi connectivity index (χ0n) is 14.9. The van der Waals surface area contributed by atoms with Gasteiger partial charge in [-0.05, 0) is 45.1 Å². The van der Waals surface area contributed by atoms with E-state index in [9.17, 15) is 9.90 Å². The zero-order valence-corrected chi connectivity index (χ0v) is 14.9. The highest BCUT2D eigenvalue weighted by Crippen LogP contribution is 2.52. The lowest BCUT2D eigenvalue weighted by atomic mass is 9.58. The quantitative estimate of drug-likeness (QED) is 0.821. The molecule has 4 atom stereocenters. The van der Waals surface area contributed by atoms with Crippen LogP contribution in [0.5, 0.6) is 0 Å². The Morgan fingerprint density at radius 1 is 1.29 bits per heavy atom. The van der Waals surface area contributed by atoms with Crippen LogP contribution < -0.4 is 5.32 Å². The first-order valence-corrected chi connectivity index (χ1v) is 9.92. The molecule has 4 fully saturated rings.